The van der Waals surface area contributed by atoms with Gasteiger partial charge in [0, 0.05) is 10.9 Å². The van der Waals surface area contributed by atoms with Crippen LogP contribution < -0.4 is 5.43 Å². The molecule has 0 bridgehead atoms. The van der Waals surface area contributed by atoms with Crippen molar-refractivity contribution in [3.05, 3.63) is 46.0 Å². The first kappa shape index (κ1) is 17.3. The van der Waals surface area contributed by atoms with Gasteiger partial charge in [-0.2, -0.15) is 31.4 Å². The number of nitrogens with zero attached hydrogens (tertiary/aromatic N) is 2. The highest BCUT2D eigenvalue weighted by Crippen LogP contribution is 2.36. The van der Waals surface area contributed by atoms with E-state index in [1.165, 1.54) is 11.3 Å². The molecule has 2 rings (SSSR count). The average Bonchev–Trinajstić information content (AvgIpc) is 2.82. The summed E-state index contributed by atoms with van der Waals surface area (Å²) in [5.74, 6) is 0. The summed E-state index contributed by atoms with van der Waals surface area (Å²) in [6.45, 7) is 1.73. The maximum atomic E-state index is 12.9. The predicted molar refractivity (Wildman–Crippen MR) is 74.5 cm³/mol. The van der Waals surface area contributed by atoms with Gasteiger partial charge in [-0.1, -0.05) is 6.07 Å². The largest absolute Gasteiger partial charge is 0.417 e. The number of thiazole rings is 1. The van der Waals surface area contributed by atoms with Gasteiger partial charge in [-0.15, -0.1) is 11.3 Å². The van der Waals surface area contributed by atoms with Crippen molar-refractivity contribution in [1.82, 2.24) is 4.98 Å². The Morgan fingerprint density at radius 3 is 2.35 bits per heavy atom. The summed E-state index contributed by atoms with van der Waals surface area (Å²) >= 11 is 1.19. The minimum absolute atomic E-state index is 0.0644. The van der Waals surface area contributed by atoms with Crippen LogP contribution in [-0.2, 0) is 12.4 Å². The third-order valence-electron chi connectivity index (χ3n) is 2.67. The summed E-state index contributed by atoms with van der Waals surface area (Å²) in [5, 5.41) is 5.65. The molecule has 23 heavy (non-hydrogen) atoms. The van der Waals surface area contributed by atoms with E-state index in [9.17, 15) is 26.3 Å². The number of hydrogen-bond donors (Lipinski definition) is 1. The van der Waals surface area contributed by atoms with Gasteiger partial charge in [0.15, 0.2) is 0 Å². The highest BCUT2D eigenvalue weighted by atomic mass is 32.1. The first-order chi connectivity index (χ1) is 10.6. The van der Waals surface area contributed by atoms with Crippen LogP contribution in [0.15, 0.2) is 28.7 Å². The molecule has 0 amide bonds. The molecule has 10 heteroatoms. The topological polar surface area (TPSA) is 37.3 Å². The van der Waals surface area contributed by atoms with Crippen LogP contribution in [0, 0.1) is 6.92 Å². The van der Waals surface area contributed by atoms with Crippen LogP contribution >= 0.6 is 11.3 Å². The molecule has 1 heterocycles. The van der Waals surface area contributed by atoms with Gasteiger partial charge in [0.25, 0.3) is 0 Å². The summed E-state index contributed by atoms with van der Waals surface area (Å²) in [5.41, 5.74) is -0.128. The van der Waals surface area contributed by atoms with Crippen molar-refractivity contribution in [1.29, 1.82) is 0 Å². The van der Waals surface area contributed by atoms with Crippen LogP contribution in [0.1, 0.15) is 22.4 Å². The quantitative estimate of drug-likeness (QED) is 0.482. The zero-order chi connectivity index (χ0) is 17.3. The molecular weight excluding hydrogens is 344 g/mol. The number of halogens is 6. The van der Waals surface area contributed by atoms with Gasteiger partial charge in [0.1, 0.15) is 0 Å². The molecule has 3 nitrogen and oxygen atoms in total. The molecular formula is C13H9F6N3S. The van der Waals surface area contributed by atoms with Crippen LogP contribution in [0.3, 0.4) is 0 Å². The average molecular weight is 353 g/mol. The van der Waals surface area contributed by atoms with Crippen molar-refractivity contribution in [3.8, 4) is 0 Å². The Morgan fingerprint density at radius 1 is 1.13 bits per heavy atom. The van der Waals surface area contributed by atoms with Crippen LogP contribution in [0.4, 0.5) is 31.5 Å². The molecule has 0 saturated heterocycles. The number of rotatable bonds is 3. The summed E-state index contributed by atoms with van der Waals surface area (Å²) < 4.78 is 76.4. The Labute approximate surface area is 130 Å². The fourth-order valence-corrected chi connectivity index (χ4v) is 2.29. The molecule has 0 aliphatic carbocycles. The molecule has 0 atom stereocenters. The maximum Gasteiger partial charge on any atom is 0.417 e. The molecule has 0 aliphatic heterocycles. The zero-order valence-electron chi connectivity index (χ0n) is 11.5. The van der Waals surface area contributed by atoms with Gasteiger partial charge in [-0.25, -0.2) is 4.98 Å². The first-order valence-corrected chi connectivity index (χ1v) is 6.95. The minimum Gasteiger partial charge on any atom is -0.253 e. The Balaban J connectivity index is 2.30. The first-order valence-electron chi connectivity index (χ1n) is 6.07. The third kappa shape index (κ3) is 4.44. The number of hydrogen-bond acceptors (Lipinski definition) is 4. The lowest BCUT2D eigenvalue weighted by Crippen LogP contribution is -2.13. The maximum absolute atomic E-state index is 12.9. The zero-order valence-corrected chi connectivity index (χ0v) is 12.3. The van der Waals surface area contributed by atoms with E-state index in [1.54, 1.807) is 12.3 Å². The molecule has 0 aliphatic rings. The highest BCUT2D eigenvalue weighted by molar-refractivity contribution is 7.13. The van der Waals surface area contributed by atoms with E-state index in [4.69, 9.17) is 0 Å². The number of aromatic nitrogens is 1. The standard InChI is InChI=1S/C13H9F6N3S/c1-7-6-23-11(21-7)22-20-5-8-2-3-9(12(14,15)16)4-10(8)13(17,18)19/h2-6H,1H3,(H,21,22). The smallest absolute Gasteiger partial charge is 0.253 e. The molecule has 1 aromatic heterocycles. The Kier molecular flexibility index (Phi) is 4.64. The molecule has 0 spiro atoms. The fourth-order valence-electron chi connectivity index (χ4n) is 1.65. The van der Waals surface area contributed by atoms with Crippen molar-refractivity contribution < 1.29 is 26.3 Å². The number of anilines is 1. The van der Waals surface area contributed by atoms with E-state index >= 15 is 0 Å². The van der Waals surface area contributed by atoms with E-state index < -0.39 is 29.0 Å². The highest BCUT2D eigenvalue weighted by Gasteiger charge is 2.37. The number of benzene rings is 1. The molecule has 0 fully saturated rings. The van der Waals surface area contributed by atoms with E-state index in [0.717, 1.165) is 12.3 Å². The molecule has 1 aromatic carbocycles. The lowest BCUT2D eigenvalue weighted by atomic mass is 10.0. The lowest BCUT2D eigenvalue weighted by Gasteiger charge is -2.13. The second-order valence-corrected chi connectivity index (χ2v) is 5.32. The molecule has 0 unspecified atom stereocenters. The monoisotopic (exact) mass is 353 g/mol. The third-order valence-corrected chi connectivity index (χ3v) is 3.53. The predicted octanol–water partition coefficient (Wildman–Crippen LogP) is 4.94. The molecule has 124 valence electrons. The summed E-state index contributed by atoms with van der Waals surface area (Å²) in [6.07, 6.45) is -8.98. The van der Waals surface area contributed by atoms with E-state index in [-0.39, 0.29) is 6.07 Å². The Morgan fingerprint density at radius 2 is 1.83 bits per heavy atom. The van der Waals surface area contributed by atoms with Gasteiger partial charge in [0.2, 0.25) is 5.13 Å². The van der Waals surface area contributed by atoms with E-state index in [2.05, 4.69) is 15.5 Å². The van der Waals surface area contributed by atoms with Crippen molar-refractivity contribution in [3.63, 3.8) is 0 Å². The van der Waals surface area contributed by atoms with Gasteiger partial charge in [0.05, 0.1) is 23.0 Å². The number of hydrazone groups is 1. The normalized spacial score (nSPS) is 12.8. The van der Waals surface area contributed by atoms with Crippen molar-refractivity contribution in [2.75, 3.05) is 5.43 Å². The van der Waals surface area contributed by atoms with E-state index in [0.29, 0.717) is 16.9 Å². The van der Waals surface area contributed by atoms with Gasteiger partial charge in [-0.3, -0.25) is 5.43 Å². The van der Waals surface area contributed by atoms with Gasteiger partial charge >= 0.3 is 12.4 Å². The van der Waals surface area contributed by atoms with Crippen molar-refractivity contribution >= 4 is 22.7 Å². The molecule has 0 radical (unpaired) electrons. The van der Waals surface area contributed by atoms with Gasteiger partial charge < -0.3 is 0 Å². The summed E-state index contributed by atoms with van der Waals surface area (Å²) in [7, 11) is 0. The molecule has 0 saturated carbocycles. The number of nitrogens with one attached hydrogen (secondary N) is 1. The molecule has 2 aromatic rings. The summed E-state index contributed by atoms with van der Waals surface area (Å²) in [4.78, 5) is 3.98. The van der Waals surface area contributed by atoms with Crippen LogP contribution in [0.2, 0.25) is 0 Å². The second-order valence-electron chi connectivity index (χ2n) is 4.46. The number of alkyl halides is 6. The Bertz CT molecular complexity index is 717. The van der Waals surface area contributed by atoms with Gasteiger partial charge in [-0.05, 0) is 19.1 Å². The SMILES string of the molecule is Cc1csc(NN=Cc2ccc(C(F)(F)F)cc2C(F)(F)F)n1. The lowest BCUT2D eigenvalue weighted by molar-refractivity contribution is -0.143. The number of aryl methyl sites for hydroxylation is 1. The van der Waals surface area contributed by atoms with Crippen molar-refractivity contribution in [2.24, 2.45) is 5.10 Å². The molecule has 1 N–H and O–H groups in total. The second kappa shape index (κ2) is 6.19. The van der Waals surface area contributed by atoms with E-state index in [1.807, 2.05) is 0 Å². The fraction of sp³-hybridized carbons (Fsp3) is 0.231. The van der Waals surface area contributed by atoms with Crippen LogP contribution in [0.5, 0.6) is 0 Å². The Hall–Kier alpha value is -2.10. The van der Waals surface area contributed by atoms with Crippen molar-refractivity contribution in [2.45, 2.75) is 19.3 Å². The van der Waals surface area contributed by atoms with Crippen LogP contribution in [-0.4, -0.2) is 11.2 Å². The summed E-state index contributed by atoms with van der Waals surface area (Å²) in [6, 6.07) is 1.36. The van der Waals surface area contributed by atoms with Crippen LogP contribution in [0.25, 0.3) is 0 Å². The minimum atomic E-state index is -4.93.